The average molecular weight is 513 g/mol. The van der Waals surface area contributed by atoms with E-state index >= 15 is 0 Å². The minimum atomic E-state index is -1.35. The Bertz CT molecular complexity index is 764. The average Bonchev–Trinajstić information content (AvgIpc) is 3.08. The van der Waals surface area contributed by atoms with E-state index in [1.165, 1.54) is 18.2 Å². The maximum Gasteiger partial charge on any atom is 0.240 e. The van der Waals surface area contributed by atoms with E-state index in [9.17, 15) is 20.1 Å². The summed E-state index contributed by atoms with van der Waals surface area (Å²) in [5, 5.41) is 38.5. The molecule has 2 bridgehead atoms. The molecule has 1 amide bonds. The molecule has 4 aliphatic heterocycles. The van der Waals surface area contributed by atoms with E-state index in [4.69, 9.17) is 9.47 Å². The van der Waals surface area contributed by atoms with E-state index in [2.05, 4.69) is 30.6 Å². The van der Waals surface area contributed by atoms with Gasteiger partial charge >= 0.3 is 0 Å². The molecular weight excluding hydrogens is 468 g/mol. The SMILES string of the molecule is CC(C)C[C@@H]1CCO[C@@H]2[C@H](CN[C@@H]2C(=O)N[C@H]2C3OC(SC/C=C\CC2(C)C)C(O)C(O)C3O)C1. The van der Waals surface area contributed by atoms with E-state index in [-0.39, 0.29) is 12.0 Å². The van der Waals surface area contributed by atoms with Gasteiger partial charge in [0.15, 0.2) is 0 Å². The molecule has 0 aromatic carbocycles. The first-order valence-corrected chi connectivity index (χ1v) is 14.2. The van der Waals surface area contributed by atoms with Gasteiger partial charge in [0.2, 0.25) is 5.91 Å². The molecular formula is C26H44N2O6S. The van der Waals surface area contributed by atoms with Crippen LogP contribution in [-0.2, 0) is 14.3 Å². The largest absolute Gasteiger partial charge is 0.388 e. The highest BCUT2D eigenvalue weighted by atomic mass is 32.2. The summed E-state index contributed by atoms with van der Waals surface area (Å²) in [6, 6.07) is -1.04. The second kappa shape index (κ2) is 11.4. The Kier molecular flexibility index (Phi) is 8.89. The summed E-state index contributed by atoms with van der Waals surface area (Å²) in [5.74, 6) is 2.03. The monoisotopic (exact) mass is 512 g/mol. The Balaban J connectivity index is 1.52. The molecule has 5 N–H and O–H groups in total. The normalized spacial score (nSPS) is 44.8. The third-order valence-electron chi connectivity index (χ3n) is 8.19. The minimum absolute atomic E-state index is 0.167. The summed E-state index contributed by atoms with van der Waals surface area (Å²) < 4.78 is 12.4. The van der Waals surface area contributed by atoms with Gasteiger partial charge < -0.3 is 35.4 Å². The summed E-state index contributed by atoms with van der Waals surface area (Å²) in [6.07, 6.45) is 3.16. The maximum atomic E-state index is 13.7. The fourth-order valence-electron chi connectivity index (χ4n) is 6.26. The predicted molar refractivity (Wildman–Crippen MR) is 136 cm³/mol. The van der Waals surface area contributed by atoms with Crippen molar-refractivity contribution in [1.82, 2.24) is 10.6 Å². The zero-order chi connectivity index (χ0) is 25.3. The van der Waals surface area contributed by atoms with Crippen molar-refractivity contribution in [1.29, 1.82) is 0 Å². The van der Waals surface area contributed by atoms with Crippen LogP contribution in [0.2, 0.25) is 0 Å². The van der Waals surface area contributed by atoms with E-state index in [1.54, 1.807) is 0 Å². The molecule has 4 heterocycles. The topological polar surface area (TPSA) is 120 Å². The number of rotatable bonds is 4. The number of carbonyl (C=O) groups excluding carboxylic acids is 1. The molecule has 3 saturated heterocycles. The first kappa shape index (κ1) is 27.4. The Morgan fingerprint density at radius 1 is 1.17 bits per heavy atom. The quantitative estimate of drug-likeness (QED) is 0.359. The van der Waals surface area contributed by atoms with Gasteiger partial charge in [-0.3, -0.25) is 4.79 Å². The number of fused-ring (bicyclic) bond motifs is 3. The highest BCUT2D eigenvalue weighted by molar-refractivity contribution is 7.99. The van der Waals surface area contributed by atoms with E-state index in [0.717, 1.165) is 19.4 Å². The summed E-state index contributed by atoms with van der Waals surface area (Å²) >= 11 is 1.38. The molecule has 200 valence electrons. The second-order valence-electron chi connectivity index (χ2n) is 11.9. The van der Waals surface area contributed by atoms with E-state index in [1.807, 2.05) is 19.9 Å². The van der Waals surface area contributed by atoms with Crippen molar-refractivity contribution in [3.8, 4) is 0 Å². The first-order chi connectivity index (χ1) is 16.6. The fraction of sp³-hybridized carbons (Fsp3) is 0.885. The van der Waals surface area contributed by atoms with Crippen LogP contribution in [0.25, 0.3) is 0 Å². The summed E-state index contributed by atoms with van der Waals surface area (Å²) in [5.41, 5.74) is -1.15. The number of carbonyl (C=O) groups is 1. The van der Waals surface area contributed by atoms with Gasteiger partial charge in [-0.1, -0.05) is 39.8 Å². The molecule has 35 heavy (non-hydrogen) atoms. The highest BCUT2D eigenvalue weighted by Gasteiger charge is 2.52. The fourth-order valence-corrected chi connectivity index (χ4v) is 7.26. The molecule has 0 spiro atoms. The van der Waals surface area contributed by atoms with Crippen LogP contribution in [-0.4, -0.2) is 88.2 Å². The van der Waals surface area contributed by atoms with Gasteiger partial charge in [-0.2, -0.15) is 0 Å². The lowest BCUT2D eigenvalue weighted by atomic mass is 9.75. The zero-order valence-corrected chi connectivity index (χ0v) is 22.2. The smallest absolute Gasteiger partial charge is 0.240 e. The van der Waals surface area contributed by atoms with Crippen molar-refractivity contribution >= 4 is 17.7 Å². The van der Waals surface area contributed by atoms with Crippen LogP contribution in [0.1, 0.15) is 53.4 Å². The molecule has 5 unspecified atom stereocenters. The lowest BCUT2D eigenvalue weighted by Gasteiger charge is -2.48. The second-order valence-corrected chi connectivity index (χ2v) is 13.1. The third-order valence-corrected chi connectivity index (χ3v) is 9.30. The van der Waals surface area contributed by atoms with Crippen molar-refractivity contribution in [3.63, 3.8) is 0 Å². The molecule has 8 nitrogen and oxygen atoms in total. The zero-order valence-electron chi connectivity index (χ0n) is 21.4. The lowest BCUT2D eigenvalue weighted by molar-refractivity contribution is -0.212. The number of allylic oxidation sites excluding steroid dienone is 1. The van der Waals surface area contributed by atoms with Crippen LogP contribution in [0.5, 0.6) is 0 Å². The van der Waals surface area contributed by atoms with Crippen molar-refractivity contribution in [2.75, 3.05) is 18.9 Å². The van der Waals surface area contributed by atoms with Crippen LogP contribution in [0.15, 0.2) is 12.2 Å². The summed E-state index contributed by atoms with van der Waals surface area (Å²) in [6.45, 7) is 9.98. The standard InChI is InChI=1S/C26H44N2O6S/c1-14(2)11-15-7-9-33-21-16(12-15)13-27-17(21)24(32)28-23-22-19(30)18(29)20(31)25(34-22)35-10-6-5-8-26(23,3)4/h5-6,14-23,25,27,29-31H,7-13H2,1-4H3,(H,28,32)/b6-5-/t15-,16-,17-,18?,19?,20?,21+,22?,23-,25?/m0/s1. The number of hydrogen-bond acceptors (Lipinski definition) is 8. The third kappa shape index (κ3) is 6.08. The molecule has 9 heteroatoms. The highest BCUT2D eigenvalue weighted by Crippen LogP contribution is 2.39. The molecule has 0 radical (unpaired) electrons. The van der Waals surface area contributed by atoms with Crippen LogP contribution in [0, 0.1) is 23.2 Å². The molecule has 3 fully saturated rings. The van der Waals surface area contributed by atoms with Gasteiger partial charge in [0.05, 0.1) is 12.1 Å². The number of thioether (sulfide) groups is 1. The van der Waals surface area contributed by atoms with Crippen LogP contribution < -0.4 is 10.6 Å². The molecule has 4 rings (SSSR count). The van der Waals surface area contributed by atoms with Crippen LogP contribution in [0.3, 0.4) is 0 Å². The van der Waals surface area contributed by atoms with Gasteiger partial charge in [0, 0.05) is 18.9 Å². The van der Waals surface area contributed by atoms with E-state index < -0.39 is 47.4 Å². The number of aliphatic hydroxyl groups excluding tert-OH is 3. The van der Waals surface area contributed by atoms with Crippen molar-refractivity contribution in [3.05, 3.63) is 12.2 Å². The van der Waals surface area contributed by atoms with Crippen LogP contribution in [0.4, 0.5) is 0 Å². The number of hydrogen-bond donors (Lipinski definition) is 5. The van der Waals surface area contributed by atoms with Gasteiger partial charge in [0.25, 0.3) is 0 Å². The van der Waals surface area contributed by atoms with Gasteiger partial charge in [-0.05, 0) is 48.9 Å². The number of aliphatic hydroxyl groups is 3. The Hall–Kier alpha value is -0.680. The van der Waals surface area contributed by atoms with E-state index in [0.29, 0.717) is 36.5 Å². The number of nitrogens with one attached hydrogen (secondary N) is 2. The first-order valence-electron chi connectivity index (χ1n) is 13.2. The van der Waals surface area contributed by atoms with Gasteiger partial charge in [0.1, 0.15) is 35.9 Å². The number of amides is 1. The molecule has 0 aromatic rings. The predicted octanol–water partition coefficient (Wildman–Crippen LogP) is 1.43. The van der Waals surface area contributed by atoms with Gasteiger partial charge in [-0.15, -0.1) is 11.8 Å². The van der Waals surface area contributed by atoms with Crippen LogP contribution >= 0.6 is 11.8 Å². The van der Waals surface area contributed by atoms with Crippen molar-refractivity contribution in [2.45, 2.75) is 101 Å². The Morgan fingerprint density at radius 3 is 2.69 bits per heavy atom. The maximum absolute atomic E-state index is 13.7. The molecule has 0 saturated carbocycles. The Labute approximate surface area is 213 Å². The van der Waals surface area contributed by atoms with Crippen molar-refractivity contribution in [2.24, 2.45) is 23.2 Å². The van der Waals surface area contributed by atoms with Gasteiger partial charge in [-0.25, -0.2) is 0 Å². The molecule has 0 aliphatic carbocycles. The molecule has 0 aromatic heterocycles. The summed E-state index contributed by atoms with van der Waals surface area (Å²) in [7, 11) is 0. The number of ether oxygens (including phenoxy) is 2. The molecule has 4 aliphatic rings. The Morgan fingerprint density at radius 2 is 1.94 bits per heavy atom. The lowest BCUT2D eigenvalue weighted by Crippen LogP contribution is -2.67. The van der Waals surface area contributed by atoms with Crippen molar-refractivity contribution < 1.29 is 29.6 Å². The molecule has 10 atom stereocenters. The summed E-state index contributed by atoms with van der Waals surface area (Å²) in [4.78, 5) is 13.7. The minimum Gasteiger partial charge on any atom is -0.388 e.